The Morgan fingerprint density at radius 2 is 1.58 bits per heavy atom. The van der Waals surface area contributed by atoms with Crippen molar-refractivity contribution < 1.29 is 14.6 Å². The first-order chi connectivity index (χ1) is 17.4. The van der Waals surface area contributed by atoms with Gasteiger partial charge in [0.2, 0.25) is 0 Å². The number of aromatic carboxylic acids is 1. The van der Waals surface area contributed by atoms with E-state index in [9.17, 15) is 9.90 Å². The molecule has 0 unspecified atom stereocenters. The molecule has 36 heavy (non-hydrogen) atoms. The van der Waals surface area contributed by atoms with Crippen molar-refractivity contribution in [1.29, 1.82) is 0 Å². The lowest BCUT2D eigenvalue weighted by Crippen LogP contribution is -2.42. The third-order valence-corrected chi connectivity index (χ3v) is 6.47. The van der Waals surface area contributed by atoms with Crippen LogP contribution < -0.4 is 5.32 Å². The molecule has 4 heteroatoms. The second-order valence-electron chi connectivity index (χ2n) is 10.0. The molecule has 2 N–H and O–H groups in total. The summed E-state index contributed by atoms with van der Waals surface area (Å²) in [5, 5.41) is 15.5. The summed E-state index contributed by atoms with van der Waals surface area (Å²) in [7, 11) is 0. The van der Waals surface area contributed by atoms with E-state index in [-0.39, 0.29) is 5.54 Å². The Balaban J connectivity index is 1.22. The second kappa shape index (κ2) is 12.0. The summed E-state index contributed by atoms with van der Waals surface area (Å²) in [6, 6.07) is 30.5. The van der Waals surface area contributed by atoms with Gasteiger partial charge in [-0.05, 0) is 84.8 Å². The molecule has 4 nitrogen and oxygen atoms in total. The van der Waals surface area contributed by atoms with E-state index >= 15 is 0 Å². The molecule has 4 aromatic carbocycles. The molecule has 4 rings (SSSR count). The van der Waals surface area contributed by atoms with Gasteiger partial charge in [-0.3, -0.25) is 0 Å². The van der Waals surface area contributed by atoms with E-state index in [1.54, 1.807) is 18.2 Å². The van der Waals surface area contributed by atoms with Crippen molar-refractivity contribution in [2.24, 2.45) is 0 Å². The van der Waals surface area contributed by atoms with Crippen LogP contribution >= 0.6 is 0 Å². The molecule has 0 saturated heterocycles. The minimum absolute atomic E-state index is 0.000451. The van der Waals surface area contributed by atoms with E-state index in [1.165, 1.54) is 16.3 Å². The van der Waals surface area contributed by atoms with Crippen molar-refractivity contribution >= 4 is 16.7 Å². The number of ether oxygens (including phenoxy) is 1. The number of hydrogen-bond acceptors (Lipinski definition) is 3. The Labute approximate surface area is 213 Å². The molecule has 4 aromatic rings. The number of hydrogen-bond donors (Lipinski definition) is 2. The molecule has 0 fully saturated rings. The fourth-order valence-electron chi connectivity index (χ4n) is 4.61. The van der Waals surface area contributed by atoms with Gasteiger partial charge in [-0.1, -0.05) is 78.9 Å². The van der Waals surface area contributed by atoms with Crippen LogP contribution in [-0.4, -0.2) is 29.8 Å². The quantitative estimate of drug-likeness (QED) is 0.223. The SMILES string of the molecule is CC(C)(Cc1ccc2ccccc2c1)NCCCOCc1ccccc1Cc1cccc(C(=O)O)c1. The monoisotopic (exact) mass is 481 g/mol. The van der Waals surface area contributed by atoms with Gasteiger partial charge in [0.1, 0.15) is 0 Å². The summed E-state index contributed by atoms with van der Waals surface area (Å²) in [6.07, 6.45) is 2.59. The molecule has 186 valence electrons. The summed E-state index contributed by atoms with van der Waals surface area (Å²) in [5.41, 5.74) is 4.95. The fraction of sp³-hybridized carbons (Fsp3) is 0.281. The molecule has 0 aliphatic carbocycles. The first-order valence-electron chi connectivity index (χ1n) is 12.6. The van der Waals surface area contributed by atoms with Crippen LogP contribution in [0.3, 0.4) is 0 Å². The zero-order valence-electron chi connectivity index (χ0n) is 21.2. The highest BCUT2D eigenvalue weighted by Crippen LogP contribution is 2.20. The molecular weight excluding hydrogens is 446 g/mol. The molecule has 0 amide bonds. The average Bonchev–Trinajstić information content (AvgIpc) is 2.87. The number of carbonyl (C=O) groups is 1. The van der Waals surface area contributed by atoms with Gasteiger partial charge in [-0.25, -0.2) is 4.79 Å². The van der Waals surface area contributed by atoms with Gasteiger partial charge in [0.15, 0.2) is 0 Å². The summed E-state index contributed by atoms with van der Waals surface area (Å²) < 4.78 is 6.01. The molecule has 0 aromatic heterocycles. The van der Waals surface area contributed by atoms with Gasteiger partial charge in [-0.2, -0.15) is 0 Å². The van der Waals surface area contributed by atoms with Gasteiger partial charge in [0, 0.05) is 12.1 Å². The molecule has 0 bridgehead atoms. The maximum Gasteiger partial charge on any atom is 0.335 e. The van der Waals surface area contributed by atoms with Crippen molar-refractivity contribution in [3.05, 3.63) is 119 Å². The highest BCUT2D eigenvalue weighted by atomic mass is 16.5. The molecule has 0 aliphatic rings. The third-order valence-electron chi connectivity index (χ3n) is 6.47. The lowest BCUT2D eigenvalue weighted by Gasteiger charge is -2.27. The number of carboxylic acid groups (broad SMARTS) is 1. The van der Waals surface area contributed by atoms with Crippen molar-refractivity contribution in [1.82, 2.24) is 5.32 Å². The van der Waals surface area contributed by atoms with Crippen molar-refractivity contribution in [3.8, 4) is 0 Å². The van der Waals surface area contributed by atoms with Crippen LogP contribution in [0.1, 0.15) is 52.9 Å². The minimum atomic E-state index is -0.900. The first-order valence-corrected chi connectivity index (χ1v) is 12.6. The summed E-state index contributed by atoms with van der Waals surface area (Å²) in [4.78, 5) is 11.3. The molecular formula is C32H35NO3. The van der Waals surface area contributed by atoms with Gasteiger partial charge in [0.05, 0.1) is 12.2 Å². The Morgan fingerprint density at radius 1 is 0.833 bits per heavy atom. The standard InChI is InChI=1S/C32H35NO3/c1-32(2,22-25-15-16-26-10-3-4-11-27(26)21-25)33-17-8-18-36-23-30-13-6-5-12-28(30)19-24-9-7-14-29(20-24)31(34)35/h3-7,9-16,20-21,33H,8,17-19,22-23H2,1-2H3,(H,34,35). The highest BCUT2D eigenvalue weighted by Gasteiger charge is 2.17. The van der Waals surface area contributed by atoms with Crippen molar-refractivity contribution in [2.75, 3.05) is 13.2 Å². The third kappa shape index (κ3) is 7.27. The Kier molecular flexibility index (Phi) is 8.52. The van der Waals surface area contributed by atoms with E-state index in [0.29, 0.717) is 25.2 Å². The highest BCUT2D eigenvalue weighted by molar-refractivity contribution is 5.87. The van der Waals surface area contributed by atoms with Gasteiger partial charge < -0.3 is 15.2 Å². The van der Waals surface area contributed by atoms with E-state index in [1.807, 2.05) is 18.2 Å². The van der Waals surface area contributed by atoms with Crippen LogP contribution in [-0.2, 0) is 24.2 Å². The number of carboxylic acids is 1. The smallest absolute Gasteiger partial charge is 0.335 e. The topological polar surface area (TPSA) is 58.6 Å². The van der Waals surface area contributed by atoms with E-state index in [0.717, 1.165) is 36.1 Å². The number of nitrogens with one attached hydrogen (secondary N) is 1. The van der Waals surface area contributed by atoms with Crippen LogP contribution in [0, 0.1) is 0 Å². The van der Waals surface area contributed by atoms with Crippen molar-refractivity contribution in [2.45, 2.75) is 45.3 Å². The van der Waals surface area contributed by atoms with Crippen LogP contribution in [0.5, 0.6) is 0 Å². The maximum absolute atomic E-state index is 11.3. The largest absolute Gasteiger partial charge is 0.478 e. The zero-order chi connectivity index (χ0) is 25.4. The van der Waals surface area contributed by atoms with Gasteiger partial charge in [-0.15, -0.1) is 0 Å². The van der Waals surface area contributed by atoms with Gasteiger partial charge in [0.25, 0.3) is 0 Å². The predicted octanol–water partition coefficient (Wildman–Crippen LogP) is 6.65. The van der Waals surface area contributed by atoms with Gasteiger partial charge >= 0.3 is 5.97 Å². The Morgan fingerprint density at radius 3 is 2.39 bits per heavy atom. The second-order valence-corrected chi connectivity index (χ2v) is 10.0. The number of rotatable bonds is 12. The van der Waals surface area contributed by atoms with Crippen molar-refractivity contribution in [3.63, 3.8) is 0 Å². The van der Waals surface area contributed by atoms with E-state index in [2.05, 4.69) is 73.8 Å². The number of benzene rings is 4. The molecule has 0 atom stereocenters. The first kappa shape index (κ1) is 25.6. The minimum Gasteiger partial charge on any atom is -0.478 e. The fourth-order valence-corrected chi connectivity index (χ4v) is 4.61. The number of fused-ring (bicyclic) bond motifs is 1. The van der Waals surface area contributed by atoms with E-state index < -0.39 is 5.97 Å². The maximum atomic E-state index is 11.3. The average molecular weight is 482 g/mol. The predicted molar refractivity (Wildman–Crippen MR) is 147 cm³/mol. The lowest BCUT2D eigenvalue weighted by atomic mass is 9.93. The molecule has 0 aliphatic heterocycles. The van der Waals surface area contributed by atoms with Crippen LogP contribution in [0.4, 0.5) is 0 Å². The molecule has 0 radical (unpaired) electrons. The summed E-state index contributed by atoms with van der Waals surface area (Å²) >= 11 is 0. The van der Waals surface area contributed by atoms with Crippen LogP contribution in [0.25, 0.3) is 10.8 Å². The Hall–Kier alpha value is -3.47. The summed E-state index contributed by atoms with van der Waals surface area (Å²) in [6.45, 7) is 6.62. The Bertz CT molecular complexity index is 1310. The lowest BCUT2D eigenvalue weighted by molar-refractivity contribution is 0.0696. The normalized spacial score (nSPS) is 11.6. The molecule has 0 saturated carbocycles. The van der Waals surface area contributed by atoms with Crippen LogP contribution in [0.2, 0.25) is 0 Å². The molecule has 0 heterocycles. The zero-order valence-corrected chi connectivity index (χ0v) is 21.2. The van der Waals surface area contributed by atoms with E-state index in [4.69, 9.17) is 4.74 Å². The summed E-state index contributed by atoms with van der Waals surface area (Å²) in [5.74, 6) is -0.900. The van der Waals surface area contributed by atoms with Crippen LogP contribution in [0.15, 0.2) is 91.0 Å². The molecule has 0 spiro atoms.